The minimum Gasteiger partial charge on any atom is -0.347 e. The molecule has 3 aliphatic heterocycles. The highest BCUT2D eigenvalue weighted by Gasteiger charge is 2.42. The molecule has 5 rings (SSSR count). The van der Waals surface area contributed by atoms with Crippen molar-refractivity contribution in [2.45, 2.75) is 51.0 Å². The zero-order chi connectivity index (χ0) is 19.1. The first kappa shape index (κ1) is 18.2. The quantitative estimate of drug-likeness (QED) is 0.804. The first-order valence-electron chi connectivity index (χ1n) is 10.0. The first-order valence-corrected chi connectivity index (χ1v) is 10.0. The lowest BCUT2D eigenvalue weighted by molar-refractivity contribution is -0.145. The van der Waals surface area contributed by atoms with Crippen molar-refractivity contribution >= 4 is 17.8 Å². The summed E-state index contributed by atoms with van der Waals surface area (Å²) in [7, 11) is 3.47. The highest BCUT2D eigenvalue weighted by Crippen LogP contribution is 2.37. The number of amides is 2. The molecule has 0 N–H and O–H groups in total. The van der Waals surface area contributed by atoms with Crippen molar-refractivity contribution in [3.05, 3.63) is 17.5 Å². The van der Waals surface area contributed by atoms with Crippen LogP contribution in [0, 0.1) is 12.8 Å². The highest BCUT2D eigenvalue weighted by atomic mass is 16.2. The number of aryl methyl sites for hydroxylation is 1. The number of hydrogen-bond donors (Lipinski definition) is 0. The zero-order valence-electron chi connectivity index (χ0n) is 16.5. The van der Waals surface area contributed by atoms with Crippen LogP contribution in [0.15, 0.2) is 6.07 Å². The van der Waals surface area contributed by atoms with E-state index in [0.29, 0.717) is 19.0 Å². The van der Waals surface area contributed by atoms with E-state index in [0.717, 1.165) is 30.2 Å². The van der Waals surface area contributed by atoms with Crippen LogP contribution in [0.1, 0.15) is 49.4 Å². The molecular formula is C20H29N5O2. The molecule has 2 amide bonds. The second-order valence-electron chi connectivity index (χ2n) is 8.45. The summed E-state index contributed by atoms with van der Waals surface area (Å²) < 4.78 is 0. The van der Waals surface area contributed by atoms with E-state index in [1.807, 2.05) is 6.92 Å². The topological polar surface area (TPSA) is 69.6 Å². The number of carbonyl (C=O) groups excluding carboxylic acids is 2. The number of likely N-dealkylation sites (N-methyl/N-ethyl adjacent to an activating group) is 1. The maximum absolute atomic E-state index is 12.9. The number of fused-ring (bicyclic) bond motifs is 4. The summed E-state index contributed by atoms with van der Waals surface area (Å²) in [6, 6.07) is 2.16. The van der Waals surface area contributed by atoms with Gasteiger partial charge in [-0.25, -0.2) is 9.97 Å². The molecule has 4 aliphatic rings. The van der Waals surface area contributed by atoms with Gasteiger partial charge in [-0.05, 0) is 38.7 Å². The third-order valence-electron chi connectivity index (χ3n) is 6.27. The fraction of sp³-hybridized carbons (Fsp3) is 0.700. The molecule has 2 atom stereocenters. The van der Waals surface area contributed by atoms with Crippen molar-refractivity contribution < 1.29 is 9.59 Å². The Hall–Kier alpha value is -2.18. The number of nitrogens with zero attached hydrogens (tertiary/aromatic N) is 5. The fourth-order valence-electron chi connectivity index (χ4n) is 4.33. The number of anilines is 1. The molecule has 2 bridgehead atoms. The maximum atomic E-state index is 12.9. The molecular weight excluding hydrogens is 342 g/mol. The number of hydrogen-bond acceptors (Lipinski definition) is 5. The molecule has 146 valence electrons. The van der Waals surface area contributed by atoms with Crippen molar-refractivity contribution in [1.29, 1.82) is 0 Å². The Bertz CT molecular complexity index is 746. The lowest BCUT2D eigenvalue weighted by Crippen LogP contribution is -2.51. The molecule has 3 saturated heterocycles. The van der Waals surface area contributed by atoms with Crippen molar-refractivity contribution in [2.24, 2.45) is 5.92 Å². The van der Waals surface area contributed by atoms with Gasteiger partial charge in [0, 0.05) is 50.5 Å². The van der Waals surface area contributed by atoms with E-state index in [1.54, 1.807) is 23.9 Å². The number of aromatic nitrogens is 2. The SMILES string of the molecule is Cc1cc(C2CCC2)nc(N2C[C@H]3CC[C@@H](C2)N(CC(=O)N(C)C)C3=O)n1. The van der Waals surface area contributed by atoms with E-state index in [4.69, 9.17) is 4.98 Å². The van der Waals surface area contributed by atoms with E-state index in [-0.39, 0.29) is 30.3 Å². The lowest BCUT2D eigenvalue weighted by atomic mass is 9.83. The molecule has 7 nitrogen and oxygen atoms in total. The van der Waals surface area contributed by atoms with Crippen LogP contribution in [0.25, 0.3) is 0 Å². The Morgan fingerprint density at radius 2 is 1.93 bits per heavy atom. The van der Waals surface area contributed by atoms with Gasteiger partial charge in [0.1, 0.15) is 6.54 Å². The Balaban J connectivity index is 1.57. The van der Waals surface area contributed by atoms with E-state index in [1.165, 1.54) is 19.3 Å². The Labute approximate surface area is 160 Å². The second-order valence-corrected chi connectivity index (χ2v) is 8.45. The monoisotopic (exact) mass is 371 g/mol. The molecule has 0 radical (unpaired) electrons. The summed E-state index contributed by atoms with van der Waals surface area (Å²) in [6.07, 6.45) is 5.52. The van der Waals surface area contributed by atoms with Crippen LogP contribution >= 0.6 is 0 Å². The molecule has 27 heavy (non-hydrogen) atoms. The summed E-state index contributed by atoms with van der Waals surface area (Å²) in [5.74, 6) is 1.32. The van der Waals surface area contributed by atoms with Gasteiger partial charge in [0.05, 0.1) is 5.92 Å². The van der Waals surface area contributed by atoms with Crippen LogP contribution in [0.2, 0.25) is 0 Å². The normalized spacial score (nSPS) is 25.4. The van der Waals surface area contributed by atoms with Crippen LogP contribution < -0.4 is 4.90 Å². The summed E-state index contributed by atoms with van der Waals surface area (Å²) in [5, 5.41) is 0. The van der Waals surface area contributed by atoms with Gasteiger partial charge < -0.3 is 14.7 Å². The summed E-state index contributed by atoms with van der Waals surface area (Å²) in [4.78, 5) is 40.2. The third-order valence-corrected chi connectivity index (χ3v) is 6.27. The van der Waals surface area contributed by atoms with Gasteiger partial charge in [-0.15, -0.1) is 0 Å². The Kier molecular flexibility index (Phi) is 4.78. The standard InChI is InChI=1S/C20H29N5O2/c1-13-9-17(14-5-4-6-14)22-20(21-13)24-10-15-7-8-16(11-24)25(19(15)27)12-18(26)23(2)3/h9,14-16H,4-8,10-12H2,1-3H3/t15-,16+/m1/s1. The van der Waals surface area contributed by atoms with Gasteiger partial charge in [0.2, 0.25) is 17.8 Å². The van der Waals surface area contributed by atoms with Crippen molar-refractivity contribution in [1.82, 2.24) is 19.8 Å². The van der Waals surface area contributed by atoms with E-state index >= 15 is 0 Å². The van der Waals surface area contributed by atoms with E-state index in [9.17, 15) is 9.59 Å². The first-order chi connectivity index (χ1) is 12.9. The molecule has 1 aromatic heterocycles. The predicted octanol–water partition coefficient (Wildman–Crippen LogP) is 1.57. The summed E-state index contributed by atoms with van der Waals surface area (Å²) in [6.45, 7) is 3.54. The zero-order valence-corrected chi connectivity index (χ0v) is 16.5. The third kappa shape index (κ3) is 3.51. The molecule has 7 heteroatoms. The van der Waals surface area contributed by atoms with Gasteiger partial charge in [-0.1, -0.05) is 6.42 Å². The predicted molar refractivity (Wildman–Crippen MR) is 102 cm³/mol. The van der Waals surface area contributed by atoms with Crippen LogP contribution in [0.5, 0.6) is 0 Å². The molecule has 4 fully saturated rings. The van der Waals surface area contributed by atoms with Crippen LogP contribution in [-0.2, 0) is 9.59 Å². The van der Waals surface area contributed by atoms with Crippen LogP contribution in [0.4, 0.5) is 5.95 Å². The van der Waals surface area contributed by atoms with Crippen molar-refractivity contribution in [3.63, 3.8) is 0 Å². The average molecular weight is 371 g/mol. The molecule has 0 unspecified atom stereocenters. The Morgan fingerprint density at radius 1 is 1.15 bits per heavy atom. The maximum Gasteiger partial charge on any atom is 0.241 e. The van der Waals surface area contributed by atoms with Crippen LogP contribution in [0.3, 0.4) is 0 Å². The van der Waals surface area contributed by atoms with E-state index in [2.05, 4.69) is 16.0 Å². The second kappa shape index (κ2) is 7.09. The lowest BCUT2D eigenvalue weighted by Gasteiger charge is -2.35. The van der Waals surface area contributed by atoms with Crippen molar-refractivity contribution in [2.75, 3.05) is 38.6 Å². The summed E-state index contributed by atoms with van der Waals surface area (Å²) in [5.41, 5.74) is 2.13. The van der Waals surface area contributed by atoms with Gasteiger partial charge in [0.25, 0.3) is 0 Å². The smallest absolute Gasteiger partial charge is 0.241 e. The van der Waals surface area contributed by atoms with Gasteiger partial charge in [-0.3, -0.25) is 9.59 Å². The molecule has 0 aromatic carbocycles. The van der Waals surface area contributed by atoms with Crippen molar-refractivity contribution in [3.8, 4) is 0 Å². The minimum atomic E-state index is -0.0741. The largest absolute Gasteiger partial charge is 0.347 e. The fourth-order valence-corrected chi connectivity index (χ4v) is 4.33. The van der Waals surface area contributed by atoms with Crippen LogP contribution in [-0.4, -0.2) is 71.4 Å². The van der Waals surface area contributed by atoms with Gasteiger partial charge >= 0.3 is 0 Å². The molecule has 0 spiro atoms. The Morgan fingerprint density at radius 3 is 2.59 bits per heavy atom. The highest BCUT2D eigenvalue weighted by molar-refractivity contribution is 5.87. The van der Waals surface area contributed by atoms with Gasteiger partial charge in [0.15, 0.2) is 0 Å². The average Bonchev–Trinajstić information content (AvgIpc) is 2.85. The van der Waals surface area contributed by atoms with E-state index < -0.39 is 0 Å². The minimum absolute atomic E-state index is 0.0264. The van der Waals surface area contributed by atoms with Gasteiger partial charge in [-0.2, -0.15) is 0 Å². The molecule has 4 heterocycles. The number of rotatable bonds is 4. The number of piperidine rings is 1. The number of carbonyl (C=O) groups is 2. The molecule has 1 saturated carbocycles. The molecule has 1 aromatic rings. The molecule has 1 aliphatic carbocycles. The summed E-state index contributed by atoms with van der Waals surface area (Å²) >= 11 is 0.